The van der Waals surface area contributed by atoms with Crippen LogP contribution in [0.3, 0.4) is 0 Å². The molecule has 2 heteroatoms. The molecule has 0 aromatic carbocycles. The summed E-state index contributed by atoms with van der Waals surface area (Å²) in [5.74, 6) is 0. The lowest BCUT2D eigenvalue weighted by Crippen LogP contribution is -1.82. The van der Waals surface area contributed by atoms with Crippen molar-refractivity contribution in [2.75, 3.05) is 6.61 Å². The van der Waals surface area contributed by atoms with Gasteiger partial charge in [-0.05, 0) is 18.6 Å². The van der Waals surface area contributed by atoms with E-state index in [1.165, 1.54) is 0 Å². The van der Waals surface area contributed by atoms with Crippen LogP contribution in [-0.4, -0.2) is 17.9 Å². The maximum absolute atomic E-state index is 8.29. The van der Waals surface area contributed by atoms with E-state index in [-0.39, 0.29) is 6.61 Å². The van der Waals surface area contributed by atoms with E-state index < -0.39 is 0 Å². The van der Waals surface area contributed by atoms with Gasteiger partial charge in [0.15, 0.2) is 0 Å². The molecule has 0 radical (unpaired) electrons. The number of hydrogen-bond donors (Lipinski definition) is 2. The molecule has 40 valence electrons. The average molecular weight is 99.1 g/mol. The second kappa shape index (κ2) is 3.56. The fourth-order valence-corrected chi connectivity index (χ4v) is 0.195. The Morgan fingerprint density at radius 2 is 2.43 bits per heavy atom. The van der Waals surface area contributed by atoms with E-state index in [4.69, 9.17) is 10.5 Å². The first-order chi connectivity index (χ1) is 3.31. The molecule has 0 fully saturated rings. The van der Waals surface area contributed by atoms with Crippen molar-refractivity contribution in [2.45, 2.75) is 6.92 Å². The first kappa shape index (κ1) is 6.37. The van der Waals surface area contributed by atoms with Gasteiger partial charge in [0.2, 0.25) is 0 Å². The van der Waals surface area contributed by atoms with Crippen LogP contribution in [-0.2, 0) is 0 Å². The summed E-state index contributed by atoms with van der Waals surface area (Å²) in [4.78, 5) is 0. The molecule has 0 unspecified atom stereocenters. The highest BCUT2D eigenvalue weighted by Gasteiger charge is 1.76. The molecule has 0 aromatic rings. The lowest BCUT2D eigenvalue weighted by atomic mass is 10.3. The van der Waals surface area contributed by atoms with Crippen molar-refractivity contribution >= 4 is 6.21 Å². The van der Waals surface area contributed by atoms with Gasteiger partial charge in [0.05, 0.1) is 6.61 Å². The summed E-state index contributed by atoms with van der Waals surface area (Å²) in [5.41, 5.74) is 0.815. The highest BCUT2D eigenvalue weighted by Crippen LogP contribution is 1.83. The molecule has 0 amide bonds. The van der Waals surface area contributed by atoms with Crippen molar-refractivity contribution in [3.05, 3.63) is 11.6 Å². The third-order valence-corrected chi connectivity index (χ3v) is 0.617. The minimum absolute atomic E-state index is 0.0510. The predicted molar refractivity (Wildman–Crippen MR) is 29.6 cm³/mol. The van der Waals surface area contributed by atoms with Crippen molar-refractivity contribution in [3.63, 3.8) is 0 Å². The van der Waals surface area contributed by atoms with Gasteiger partial charge in [-0.25, -0.2) is 0 Å². The molecule has 2 nitrogen and oxygen atoms in total. The summed E-state index contributed by atoms with van der Waals surface area (Å²) in [6.45, 7) is 1.82. The number of nitrogens with one attached hydrogen (secondary N) is 1. The van der Waals surface area contributed by atoms with E-state index in [0.717, 1.165) is 11.8 Å². The second-order valence-electron chi connectivity index (χ2n) is 1.34. The van der Waals surface area contributed by atoms with Crippen LogP contribution in [0.4, 0.5) is 0 Å². The van der Waals surface area contributed by atoms with Gasteiger partial charge in [0.25, 0.3) is 0 Å². The van der Waals surface area contributed by atoms with Crippen molar-refractivity contribution in [1.82, 2.24) is 0 Å². The van der Waals surface area contributed by atoms with Crippen LogP contribution in [0, 0.1) is 5.41 Å². The Hall–Kier alpha value is -0.630. The molecular formula is C5H9NO. The Labute approximate surface area is 43.0 Å². The SMILES string of the molecule is C/C(=C\C=N)CO. The first-order valence-corrected chi connectivity index (χ1v) is 2.08. The van der Waals surface area contributed by atoms with Crippen LogP contribution in [0.5, 0.6) is 0 Å². The van der Waals surface area contributed by atoms with Crippen molar-refractivity contribution in [3.8, 4) is 0 Å². The summed E-state index contributed by atoms with van der Waals surface area (Å²) < 4.78 is 0. The molecule has 7 heavy (non-hydrogen) atoms. The Bertz CT molecular complexity index is 86.1. The van der Waals surface area contributed by atoms with Gasteiger partial charge in [-0.3, -0.25) is 0 Å². The normalized spacial score (nSPS) is 11.4. The van der Waals surface area contributed by atoms with E-state index in [0.29, 0.717) is 0 Å². The number of allylic oxidation sites excluding steroid dienone is 1. The molecule has 0 aliphatic carbocycles. The maximum atomic E-state index is 8.29. The third kappa shape index (κ3) is 3.19. The molecule has 0 aromatic heterocycles. The number of hydrogen-bond acceptors (Lipinski definition) is 2. The predicted octanol–water partition coefficient (Wildman–Crippen LogP) is 0.575. The van der Waals surface area contributed by atoms with Gasteiger partial charge < -0.3 is 10.5 Å². The lowest BCUT2D eigenvalue weighted by Gasteiger charge is -1.85. The topological polar surface area (TPSA) is 44.1 Å². The summed E-state index contributed by atoms with van der Waals surface area (Å²) >= 11 is 0. The Kier molecular flexibility index (Phi) is 3.24. The molecule has 0 rings (SSSR count). The molecule has 0 saturated heterocycles. The quantitative estimate of drug-likeness (QED) is 0.488. The standard InChI is InChI=1S/C5H9NO/c1-5(4-7)2-3-6/h2-3,6-7H,4H2,1H3/b5-2+,6-3?. The van der Waals surface area contributed by atoms with E-state index in [9.17, 15) is 0 Å². The van der Waals surface area contributed by atoms with Crippen molar-refractivity contribution in [1.29, 1.82) is 5.41 Å². The molecule has 2 N–H and O–H groups in total. The molecule has 0 spiro atoms. The summed E-state index contributed by atoms with van der Waals surface area (Å²) in [5, 5.41) is 14.8. The van der Waals surface area contributed by atoms with Gasteiger partial charge in [-0.15, -0.1) is 0 Å². The summed E-state index contributed by atoms with van der Waals surface area (Å²) in [7, 11) is 0. The zero-order valence-corrected chi connectivity index (χ0v) is 4.31. The second-order valence-corrected chi connectivity index (χ2v) is 1.34. The minimum atomic E-state index is 0.0510. The van der Waals surface area contributed by atoms with Crippen LogP contribution < -0.4 is 0 Å². The van der Waals surface area contributed by atoms with Crippen molar-refractivity contribution < 1.29 is 5.11 Å². The molecule has 0 aliphatic heterocycles. The number of aliphatic hydroxyl groups excluding tert-OH is 1. The first-order valence-electron chi connectivity index (χ1n) is 2.08. The lowest BCUT2D eigenvalue weighted by molar-refractivity contribution is 0.331. The van der Waals surface area contributed by atoms with Gasteiger partial charge in [0, 0.05) is 6.21 Å². The molecule has 0 aliphatic rings. The van der Waals surface area contributed by atoms with E-state index in [2.05, 4.69) is 0 Å². The molecule has 0 saturated carbocycles. The fourth-order valence-electron chi connectivity index (χ4n) is 0.195. The van der Waals surface area contributed by atoms with Crippen LogP contribution in [0.15, 0.2) is 11.6 Å². The van der Waals surface area contributed by atoms with Crippen LogP contribution >= 0.6 is 0 Å². The monoisotopic (exact) mass is 99.1 g/mol. The van der Waals surface area contributed by atoms with Gasteiger partial charge in [-0.1, -0.05) is 0 Å². The van der Waals surface area contributed by atoms with Gasteiger partial charge in [0.1, 0.15) is 0 Å². The smallest absolute Gasteiger partial charge is 0.0642 e. The Morgan fingerprint density at radius 3 is 2.57 bits per heavy atom. The fraction of sp³-hybridized carbons (Fsp3) is 0.400. The Balaban J connectivity index is 3.49. The number of rotatable bonds is 2. The highest BCUT2D eigenvalue weighted by molar-refractivity contribution is 5.68. The summed E-state index contributed by atoms with van der Waals surface area (Å²) in [6, 6.07) is 0. The molecule has 0 bridgehead atoms. The maximum Gasteiger partial charge on any atom is 0.0642 e. The zero-order valence-electron chi connectivity index (χ0n) is 4.31. The van der Waals surface area contributed by atoms with Crippen LogP contribution in [0.1, 0.15) is 6.92 Å². The van der Waals surface area contributed by atoms with Gasteiger partial charge in [-0.2, -0.15) is 0 Å². The largest absolute Gasteiger partial charge is 0.392 e. The van der Waals surface area contributed by atoms with Crippen molar-refractivity contribution in [2.24, 2.45) is 0 Å². The van der Waals surface area contributed by atoms with E-state index in [1.54, 1.807) is 13.0 Å². The average Bonchev–Trinajstić information content (AvgIpc) is 1.68. The van der Waals surface area contributed by atoms with E-state index in [1.807, 2.05) is 0 Å². The van der Waals surface area contributed by atoms with Crippen LogP contribution in [0.25, 0.3) is 0 Å². The van der Waals surface area contributed by atoms with Gasteiger partial charge >= 0.3 is 0 Å². The molecule has 0 atom stereocenters. The minimum Gasteiger partial charge on any atom is -0.392 e. The highest BCUT2D eigenvalue weighted by atomic mass is 16.3. The Morgan fingerprint density at radius 1 is 1.86 bits per heavy atom. The third-order valence-electron chi connectivity index (χ3n) is 0.617. The molecular weight excluding hydrogens is 90.1 g/mol. The van der Waals surface area contributed by atoms with Crippen LogP contribution in [0.2, 0.25) is 0 Å². The molecule has 0 heterocycles. The number of aliphatic hydroxyl groups is 1. The summed E-state index contributed by atoms with van der Waals surface area (Å²) in [6.07, 6.45) is 2.71. The zero-order chi connectivity index (χ0) is 5.70. The van der Waals surface area contributed by atoms with E-state index >= 15 is 0 Å².